The summed E-state index contributed by atoms with van der Waals surface area (Å²) in [4.78, 5) is 2.26. The number of aromatic hydroxyl groups is 2. The van der Waals surface area contributed by atoms with E-state index in [9.17, 15) is 18.6 Å². The van der Waals surface area contributed by atoms with E-state index in [2.05, 4.69) is 23.8 Å². The molecule has 0 spiro atoms. The molecule has 0 aromatic heterocycles. The third-order valence-electron chi connectivity index (χ3n) is 4.08. The third kappa shape index (κ3) is 4.51. The van der Waals surface area contributed by atoms with Gasteiger partial charge in [0.1, 0.15) is 11.5 Å². The molecule has 0 radical (unpaired) electrons. The molecule has 7 heteroatoms. The monoisotopic (exact) mass is 362 g/mol. The summed E-state index contributed by atoms with van der Waals surface area (Å²) >= 11 is 0. The van der Waals surface area contributed by atoms with Crippen LogP contribution in [0.15, 0.2) is 52.5 Å². The van der Waals surface area contributed by atoms with Crippen molar-refractivity contribution in [2.24, 2.45) is 5.10 Å². The number of benzene rings is 2. The highest BCUT2D eigenvalue weighted by Gasteiger charge is 2.14. The van der Waals surface area contributed by atoms with Crippen molar-refractivity contribution in [3.05, 3.63) is 53.6 Å². The van der Waals surface area contributed by atoms with Crippen LogP contribution in [0, 0.1) is 0 Å². The highest BCUT2D eigenvalue weighted by Crippen LogP contribution is 2.23. The van der Waals surface area contributed by atoms with Crippen LogP contribution in [0.1, 0.15) is 44.2 Å². The fourth-order valence-electron chi connectivity index (χ4n) is 2.27. The van der Waals surface area contributed by atoms with Gasteiger partial charge in [-0.1, -0.05) is 26.0 Å². The number of hydrazone groups is 1. The molecule has 0 bridgehead atoms. The third-order valence-corrected chi connectivity index (χ3v) is 5.30. The average molecular weight is 362 g/mol. The zero-order valence-electron chi connectivity index (χ0n) is 14.4. The Morgan fingerprint density at radius 2 is 1.80 bits per heavy atom. The standard InChI is InChI=1S/C18H22N2O4S/c1-4-12(2)14-5-8-16(9-6-14)25(23,24)20-19-13(3)17-11-15(21)7-10-18(17)22/h5-12,20-22H,4H2,1-3H3/b19-13-/t12-/m1/s1. The molecule has 0 heterocycles. The molecule has 2 aromatic carbocycles. The van der Waals surface area contributed by atoms with Crippen molar-refractivity contribution in [1.29, 1.82) is 0 Å². The van der Waals surface area contributed by atoms with Crippen LogP contribution in [-0.2, 0) is 10.0 Å². The van der Waals surface area contributed by atoms with E-state index in [1.54, 1.807) is 24.3 Å². The van der Waals surface area contributed by atoms with Crippen LogP contribution < -0.4 is 4.83 Å². The molecule has 0 aliphatic heterocycles. The lowest BCUT2D eigenvalue weighted by molar-refractivity contribution is 0.459. The molecule has 0 aliphatic carbocycles. The van der Waals surface area contributed by atoms with E-state index in [4.69, 9.17) is 0 Å². The van der Waals surface area contributed by atoms with Gasteiger partial charge >= 0.3 is 0 Å². The van der Waals surface area contributed by atoms with Crippen LogP contribution in [0.5, 0.6) is 11.5 Å². The van der Waals surface area contributed by atoms with Crippen LogP contribution in [0.2, 0.25) is 0 Å². The minimum atomic E-state index is -3.82. The summed E-state index contributed by atoms with van der Waals surface area (Å²) < 4.78 is 24.7. The summed E-state index contributed by atoms with van der Waals surface area (Å²) in [5.74, 6) is 0.209. The van der Waals surface area contributed by atoms with Crippen LogP contribution in [-0.4, -0.2) is 24.3 Å². The quantitative estimate of drug-likeness (QED) is 0.417. The lowest BCUT2D eigenvalue weighted by atomic mass is 9.99. The van der Waals surface area contributed by atoms with Crippen molar-refractivity contribution in [3.8, 4) is 11.5 Å². The summed E-state index contributed by atoms with van der Waals surface area (Å²) in [7, 11) is -3.82. The molecule has 0 saturated carbocycles. The molecular weight excluding hydrogens is 340 g/mol. The van der Waals surface area contributed by atoms with E-state index in [0.717, 1.165) is 12.0 Å². The van der Waals surface area contributed by atoms with Gasteiger partial charge < -0.3 is 10.2 Å². The number of hydrogen-bond acceptors (Lipinski definition) is 5. The zero-order chi connectivity index (χ0) is 18.6. The van der Waals surface area contributed by atoms with Gasteiger partial charge in [-0.05, 0) is 55.2 Å². The number of phenolic OH excluding ortho intramolecular Hbond substituents is 2. The summed E-state index contributed by atoms with van der Waals surface area (Å²) in [5, 5.41) is 23.1. The molecular formula is C18H22N2O4S. The Labute approximate surface area is 147 Å². The second kappa shape index (κ2) is 7.57. The van der Waals surface area contributed by atoms with Gasteiger partial charge in [0.15, 0.2) is 0 Å². The first-order valence-corrected chi connectivity index (χ1v) is 9.41. The summed E-state index contributed by atoms with van der Waals surface area (Å²) in [5.41, 5.74) is 1.55. The first-order valence-electron chi connectivity index (χ1n) is 7.93. The van der Waals surface area contributed by atoms with Crippen molar-refractivity contribution in [3.63, 3.8) is 0 Å². The van der Waals surface area contributed by atoms with Crippen LogP contribution >= 0.6 is 0 Å². The molecule has 0 fully saturated rings. The Morgan fingerprint density at radius 3 is 2.40 bits per heavy atom. The van der Waals surface area contributed by atoms with Gasteiger partial charge in [-0.25, -0.2) is 0 Å². The molecule has 6 nitrogen and oxygen atoms in total. The zero-order valence-corrected chi connectivity index (χ0v) is 15.2. The van der Waals surface area contributed by atoms with Gasteiger partial charge in [0.05, 0.1) is 10.6 Å². The minimum absolute atomic E-state index is 0.0501. The maximum absolute atomic E-state index is 12.3. The highest BCUT2D eigenvalue weighted by atomic mass is 32.2. The van der Waals surface area contributed by atoms with E-state index in [1.807, 2.05) is 0 Å². The topological polar surface area (TPSA) is 99.0 Å². The first-order chi connectivity index (χ1) is 11.7. The number of sulfonamides is 1. The Balaban J connectivity index is 2.22. The fourth-order valence-corrected chi connectivity index (χ4v) is 3.12. The highest BCUT2D eigenvalue weighted by molar-refractivity contribution is 7.89. The lowest BCUT2D eigenvalue weighted by Crippen LogP contribution is -2.20. The van der Waals surface area contributed by atoms with Crippen molar-refractivity contribution in [2.75, 3.05) is 0 Å². The number of nitrogens with one attached hydrogen (secondary N) is 1. The van der Waals surface area contributed by atoms with E-state index in [0.29, 0.717) is 5.92 Å². The smallest absolute Gasteiger partial charge is 0.276 e. The SMILES string of the molecule is CC[C@@H](C)c1ccc(S(=O)(=O)N/N=C(/C)c2cc(O)ccc2O)cc1. The normalized spacial score (nSPS) is 13.5. The van der Waals surface area contributed by atoms with Gasteiger partial charge in [0, 0.05) is 5.56 Å². The fraction of sp³-hybridized carbons (Fsp3) is 0.278. The maximum atomic E-state index is 12.3. The summed E-state index contributed by atoms with van der Waals surface area (Å²) in [6.45, 7) is 5.69. The summed E-state index contributed by atoms with van der Waals surface area (Å²) in [6.07, 6.45) is 0.973. The van der Waals surface area contributed by atoms with Crippen molar-refractivity contribution in [2.45, 2.75) is 38.0 Å². The van der Waals surface area contributed by atoms with Gasteiger partial charge in [0.25, 0.3) is 10.0 Å². The number of nitrogens with zero attached hydrogens (tertiary/aromatic N) is 1. The largest absolute Gasteiger partial charge is 0.508 e. The lowest BCUT2D eigenvalue weighted by Gasteiger charge is -2.10. The Bertz CT molecular complexity index is 874. The molecule has 134 valence electrons. The van der Waals surface area contributed by atoms with Gasteiger partial charge in [-0.3, -0.25) is 0 Å². The van der Waals surface area contributed by atoms with E-state index in [-0.39, 0.29) is 27.7 Å². The van der Waals surface area contributed by atoms with Crippen LogP contribution in [0.3, 0.4) is 0 Å². The van der Waals surface area contributed by atoms with Gasteiger partial charge in [0.2, 0.25) is 0 Å². The molecule has 0 amide bonds. The molecule has 3 N–H and O–H groups in total. The van der Waals surface area contributed by atoms with Gasteiger partial charge in [-0.2, -0.15) is 18.4 Å². The molecule has 0 saturated heterocycles. The predicted octanol–water partition coefficient (Wildman–Crippen LogP) is 3.31. The minimum Gasteiger partial charge on any atom is -0.508 e. The first kappa shape index (κ1) is 18.8. The number of hydrogen-bond donors (Lipinski definition) is 3. The van der Waals surface area contributed by atoms with Gasteiger partial charge in [-0.15, -0.1) is 0 Å². The van der Waals surface area contributed by atoms with Crippen molar-refractivity contribution in [1.82, 2.24) is 4.83 Å². The molecule has 2 aromatic rings. The molecule has 0 unspecified atom stereocenters. The van der Waals surface area contributed by atoms with E-state index in [1.165, 1.54) is 25.1 Å². The van der Waals surface area contributed by atoms with E-state index >= 15 is 0 Å². The molecule has 2 rings (SSSR count). The Morgan fingerprint density at radius 1 is 1.16 bits per heavy atom. The molecule has 1 atom stereocenters. The van der Waals surface area contributed by atoms with Crippen molar-refractivity contribution >= 4 is 15.7 Å². The predicted molar refractivity (Wildman–Crippen MR) is 97.5 cm³/mol. The maximum Gasteiger partial charge on any atom is 0.276 e. The van der Waals surface area contributed by atoms with E-state index < -0.39 is 10.0 Å². The Hall–Kier alpha value is -2.54. The summed E-state index contributed by atoms with van der Waals surface area (Å²) in [6, 6.07) is 10.6. The van der Waals surface area contributed by atoms with Crippen LogP contribution in [0.4, 0.5) is 0 Å². The number of phenols is 2. The second-order valence-electron chi connectivity index (χ2n) is 5.87. The molecule has 0 aliphatic rings. The Kier molecular flexibility index (Phi) is 5.69. The van der Waals surface area contributed by atoms with Crippen molar-refractivity contribution < 1.29 is 18.6 Å². The molecule has 25 heavy (non-hydrogen) atoms. The average Bonchev–Trinajstić information content (AvgIpc) is 2.61. The van der Waals surface area contributed by atoms with Crippen LogP contribution in [0.25, 0.3) is 0 Å². The number of rotatable bonds is 6. The second-order valence-corrected chi connectivity index (χ2v) is 7.53.